The number of aromatic nitrogens is 1. The molecule has 1 aromatic rings. The van der Waals surface area contributed by atoms with E-state index in [2.05, 4.69) is 15.7 Å². The molecular weight excluding hydrogens is 263 g/mol. The van der Waals surface area contributed by atoms with Gasteiger partial charge < -0.3 is 15.8 Å². The smallest absolute Gasteiger partial charge is 0.161 e. The van der Waals surface area contributed by atoms with E-state index in [-0.39, 0.29) is 6.10 Å². The van der Waals surface area contributed by atoms with Crippen molar-refractivity contribution in [3.63, 3.8) is 0 Å². The largest absolute Gasteiger partial charge is 0.391 e. The van der Waals surface area contributed by atoms with Crippen LogP contribution in [-0.4, -0.2) is 22.7 Å². The van der Waals surface area contributed by atoms with E-state index in [9.17, 15) is 5.11 Å². The first-order valence-electron chi connectivity index (χ1n) is 5.36. The number of aliphatic hydroxyl groups excluding tert-OH is 1. The predicted octanol–water partition coefficient (Wildman–Crippen LogP) is 1.86. The number of anilines is 2. The Labute approximate surface area is 109 Å². The Kier molecular flexibility index (Phi) is 3.93. The van der Waals surface area contributed by atoms with Crippen LogP contribution in [0.15, 0.2) is 6.07 Å². The van der Waals surface area contributed by atoms with Crippen LogP contribution in [0.4, 0.5) is 11.6 Å². The van der Waals surface area contributed by atoms with Crippen LogP contribution in [0, 0.1) is 5.92 Å². The molecule has 94 valence electrons. The van der Waals surface area contributed by atoms with Gasteiger partial charge >= 0.3 is 0 Å². The van der Waals surface area contributed by atoms with E-state index in [1.165, 1.54) is 0 Å². The Hall–Kier alpha value is -0.750. The standard InChI is InChI=1S/C10H14Cl2N4O/c11-6-3-7(12)10(16-13)15-9(6)14-4-8(17)5-1-2-5/h3,5,8,17H,1-2,4,13H2,(H2,14,15,16). The van der Waals surface area contributed by atoms with Gasteiger partial charge in [-0.15, -0.1) is 0 Å². The fraction of sp³-hybridized carbons (Fsp3) is 0.500. The van der Waals surface area contributed by atoms with Gasteiger partial charge in [0.1, 0.15) is 5.82 Å². The summed E-state index contributed by atoms with van der Waals surface area (Å²) in [5.74, 6) is 6.48. The van der Waals surface area contributed by atoms with Crippen molar-refractivity contribution in [2.24, 2.45) is 11.8 Å². The molecule has 5 N–H and O–H groups in total. The first-order chi connectivity index (χ1) is 8.11. The van der Waals surface area contributed by atoms with Crippen LogP contribution in [-0.2, 0) is 0 Å². The molecule has 0 aliphatic heterocycles. The average molecular weight is 277 g/mol. The highest BCUT2D eigenvalue weighted by Gasteiger charge is 2.29. The van der Waals surface area contributed by atoms with E-state index in [0.29, 0.717) is 34.1 Å². The molecule has 1 aliphatic carbocycles. The molecule has 5 nitrogen and oxygen atoms in total. The van der Waals surface area contributed by atoms with Crippen LogP contribution >= 0.6 is 23.2 Å². The highest BCUT2D eigenvalue weighted by molar-refractivity contribution is 6.37. The molecule has 0 bridgehead atoms. The van der Waals surface area contributed by atoms with Gasteiger partial charge in [0.05, 0.1) is 16.1 Å². The first kappa shape index (κ1) is 12.7. The summed E-state index contributed by atoms with van der Waals surface area (Å²) in [7, 11) is 0. The van der Waals surface area contributed by atoms with Crippen molar-refractivity contribution in [3.8, 4) is 0 Å². The number of halogens is 2. The normalized spacial score (nSPS) is 16.7. The Morgan fingerprint density at radius 3 is 2.65 bits per heavy atom. The van der Waals surface area contributed by atoms with Crippen LogP contribution in [0.3, 0.4) is 0 Å². The molecule has 1 saturated carbocycles. The van der Waals surface area contributed by atoms with Crippen molar-refractivity contribution in [1.82, 2.24) is 4.98 Å². The molecular formula is C10H14Cl2N4O. The molecule has 0 saturated heterocycles. The second-order valence-electron chi connectivity index (χ2n) is 4.08. The van der Waals surface area contributed by atoms with Gasteiger partial charge in [-0.1, -0.05) is 23.2 Å². The minimum atomic E-state index is -0.363. The first-order valence-corrected chi connectivity index (χ1v) is 6.12. The summed E-state index contributed by atoms with van der Waals surface area (Å²) >= 11 is 11.8. The number of nitrogen functional groups attached to an aromatic ring is 1. The van der Waals surface area contributed by atoms with Gasteiger partial charge in [0.25, 0.3) is 0 Å². The fourth-order valence-corrected chi connectivity index (χ4v) is 2.02. The average Bonchev–Trinajstić information content (AvgIpc) is 3.11. The highest BCUT2D eigenvalue weighted by Crippen LogP contribution is 2.33. The Morgan fingerprint density at radius 2 is 2.06 bits per heavy atom. The number of rotatable bonds is 5. The number of nitrogens with one attached hydrogen (secondary N) is 2. The zero-order chi connectivity index (χ0) is 12.4. The molecule has 0 spiro atoms. The molecule has 0 radical (unpaired) electrons. The molecule has 1 atom stereocenters. The maximum Gasteiger partial charge on any atom is 0.161 e. The minimum absolute atomic E-state index is 0.347. The number of hydrazine groups is 1. The molecule has 1 fully saturated rings. The molecule has 7 heteroatoms. The van der Waals surface area contributed by atoms with Gasteiger partial charge in [0, 0.05) is 6.54 Å². The lowest BCUT2D eigenvalue weighted by molar-refractivity contribution is 0.164. The zero-order valence-corrected chi connectivity index (χ0v) is 10.6. The third-order valence-corrected chi connectivity index (χ3v) is 3.29. The van der Waals surface area contributed by atoms with Gasteiger partial charge in [0.15, 0.2) is 5.82 Å². The van der Waals surface area contributed by atoms with Gasteiger partial charge in [-0.2, -0.15) is 0 Å². The second kappa shape index (κ2) is 5.27. The lowest BCUT2D eigenvalue weighted by Gasteiger charge is -2.13. The van der Waals surface area contributed by atoms with Crippen molar-refractivity contribution in [1.29, 1.82) is 0 Å². The quantitative estimate of drug-likeness (QED) is 0.488. The van der Waals surface area contributed by atoms with Gasteiger partial charge in [-0.25, -0.2) is 10.8 Å². The molecule has 17 heavy (non-hydrogen) atoms. The molecule has 0 aromatic carbocycles. The van der Waals surface area contributed by atoms with E-state index < -0.39 is 0 Å². The van der Waals surface area contributed by atoms with E-state index in [4.69, 9.17) is 29.0 Å². The second-order valence-corrected chi connectivity index (χ2v) is 4.89. The number of nitrogens with two attached hydrogens (primary N) is 1. The summed E-state index contributed by atoms with van der Waals surface area (Å²) in [6.45, 7) is 0.420. The maximum absolute atomic E-state index is 9.72. The van der Waals surface area contributed by atoms with Crippen molar-refractivity contribution in [3.05, 3.63) is 16.1 Å². The number of aliphatic hydroxyl groups is 1. The lowest BCUT2D eigenvalue weighted by Crippen LogP contribution is -2.22. The SMILES string of the molecule is NNc1nc(NCC(O)C2CC2)c(Cl)cc1Cl. The Bertz CT molecular complexity index is 412. The number of hydrogen-bond donors (Lipinski definition) is 4. The van der Waals surface area contributed by atoms with Crippen molar-refractivity contribution in [2.75, 3.05) is 17.3 Å². The molecule has 2 rings (SSSR count). The van der Waals surface area contributed by atoms with Gasteiger partial charge in [0.2, 0.25) is 0 Å². The van der Waals surface area contributed by atoms with E-state index >= 15 is 0 Å². The predicted molar refractivity (Wildman–Crippen MR) is 69.3 cm³/mol. The minimum Gasteiger partial charge on any atom is -0.391 e. The maximum atomic E-state index is 9.72. The number of pyridine rings is 1. The van der Waals surface area contributed by atoms with E-state index in [0.717, 1.165) is 12.8 Å². The Balaban J connectivity index is 2.03. The summed E-state index contributed by atoms with van der Waals surface area (Å²) in [5, 5.41) is 13.5. The molecule has 1 aliphatic rings. The zero-order valence-electron chi connectivity index (χ0n) is 9.08. The third kappa shape index (κ3) is 3.13. The van der Waals surface area contributed by atoms with Crippen LogP contribution in [0.5, 0.6) is 0 Å². The lowest BCUT2D eigenvalue weighted by atomic mass is 10.2. The van der Waals surface area contributed by atoms with Crippen LogP contribution in [0.2, 0.25) is 10.0 Å². The van der Waals surface area contributed by atoms with Crippen molar-refractivity contribution >= 4 is 34.8 Å². The molecule has 1 unspecified atom stereocenters. The van der Waals surface area contributed by atoms with Crippen molar-refractivity contribution in [2.45, 2.75) is 18.9 Å². The van der Waals surface area contributed by atoms with Gasteiger partial charge in [-0.05, 0) is 24.8 Å². The molecule has 0 amide bonds. The summed E-state index contributed by atoms with van der Waals surface area (Å²) in [6.07, 6.45) is 1.80. The van der Waals surface area contributed by atoms with Crippen LogP contribution in [0.25, 0.3) is 0 Å². The van der Waals surface area contributed by atoms with Crippen molar-refractivity contribution < 1.29 is 5.11 Å². The van der Waals surface area contributed by atoms with Crippen LogP contribution < -0.4 is 16.6 Å². The number of hydrogen-bond acceptors (Lipinski definition) is 5. The fourth-order valence-electron chi connectivity index (χ4n) is 1.54. The topological polar surface area (TPSA) is 83.2 Å². The summed E-state index contributed by atoms with van der Waals surface area (Å²) in [5.41, 5.74) is 2.38. The molecule has 1 heterocycles. The Morgan fingerprint density at radius 1 is 1.41 bits per heavy atom. The van der Waals surface area contributed by atoms with E-state index in [1.54, 1.807) is 6.07 Å². The third-order valence-electron chi connectivity index (χ3n) is 2.71. The van der Waals surface area contributed by atoms with Gasteiger partial charge in [-0.3, -0.25) is 0 Å². The number of nitrogens with zero attached hydrogens (tertiary/aromatic N) is 1. The van der Waals surface area contributed by atoms with Crippen LogP contribution in [0.1, 0.15) is 12.8 Å². The molecule has 1 aromatic heterocycles. The summed E-state index contributed by atoms with van der Waals surface area (Å²) in [6, 6.07) is 1.55. The van der Waals surface area contributed by atoms with E-state index in [1.807, 2.05) is 0 Å². The highest BCUT2D eigenvalue weighted by atomic mass is 35.5. The monoisotopic (exact) mass is 276 g/mol. The summed E-state index contributed by atoms with van der Waals surface area (Å²) in [4.78, 5) is 4.12. The summed E-state index contributed by atoms with van der Waals surface area (Å²) < 4.78 is 0.